The third-order valence-corrected chi connectivity index (χ3v) is 5.19. The minimum Gasteiger partial charge on any atom is -0.313 e. The number of nitrogens with one attached hydrogen (secondary N) is 1. The lowest BCUT2D eigenvalue weighted by Gasteiger charge is -2.32. The first-order chi connectivity index (χ1) is 12.5. The predicted octanol–water partition coefficient (Wildman–Crippen LogP) is 3.08. The summed E-state index contributed by atoms with van der Waals surface area (Å²) in [4.78, 5) is 20.3. The van der Waals surface area contributed by atoms with Crippen LogP contribution in [-0.2, 0) is 6.54 Å². The first-order valence-corrected chi connectivity index (χ1v) is 9.72. The van der Waals surface area contributed by atoms with Gasteiger partial charge in [-0.2, -0.15) is 0 Å². The molecule has 1 N–H and O–H groups in total. The highest BCUT2D eigenvalue weighted by Gasteiger charge is 2.27. The van der Waals surface area contributed by atoms with Crippen LogP contribution in [-0.4, -0.2) is 40.1 Å². The average molecular weight is 360 g/mol. The lowest BCUT2D eigenvalue weighted by atomic mass is 10.1. The van der Waals surface area contributed by atoms with Crippen molar-refractivity contribution in [3.63, 3.8) is 0 Å². The Kier molecular flexibility index (Phi) is 6.04. The van der Waals surface area contributed by atoms with Crippen LogP contribution >= 0.6 is 0 Å². The Morgan fingerprint density at radius 3 is 2.92 bits per heavy atom. The van der Waals surface area contributed by atoms with Gasteiger partial charge in [-0.15, -0.1) is 0 Å². The molecule has 3 rings (SSSR count). The fourth-order valence-corrected chi connectivity index (χ4v) is 3.94. The summed E-state index contributed by atoms with van der Waals surface area (Å²) in [6.45, 7) is 9.79. The zero-order valence-electron chi connectivity index (χ0n) is 16.0. The molecular weight excluding hydrogens is 331 g/mol. The standard InChI is InChI=1S/C20H29FN4O/c1-4-7-18(24-11-6-10-22-14(3)13-24)19-23-17-9-8-15(21)12-16(17)20(26)25(19)5-2/h8-9,12,14,18,22H,4-7,10-11,13H2,1-3H3/t14-,18+/m0/s1. The molecule has 1 aliphatic rings. The molecule has 5 nitrogen and oxygen atoms in total. The van der Waals surface area contributed by atoms with Crippen molar-refractivity contribution in [2.75, 3.05) is 19.6 Å². The Balaban J connectivity index is 2.12. The van der Waals surface area contributed by atoms with Crippen molar-refractivity contribution in [2.24, 2.45) is 0 Å². The first-order valence-electron chi connectivity index (χ1n) is 9.72. The highest BCUT2D eigenvalue weighted by Crippen LogP contribution is 2.26. The molecule has 1 saturated heterocycles. The van der Waals surface area contributed by atoms with Crippen molar-refractivity contribution in [3.05, 3.63) is 40.2 Å². The molecule has 0 bridgehead atoms. The normalized spacial score (nSPS) is 20.2. The molecule has 1 aliphatic heterocycles. The van der Waals surface area contributed by atoms with Crippen LogP contribution in [0.5, 0.6) is 0 Å². The van der Waals surface area contributed by atoms with Crippen LogP contribution in [0.4, 0.5) is 4.39 Å². The Morgan fingerprint density at radius 1 is 1.38 bits per heavy atom. The molecule has 142 valence electrons. The molecule has 6 heteroatoms. The quantitative estimate of drug-likeness (QED) is 0.890. The van der Waals surface area contributed by atoms with E-state index in [-0.39, 0.29) is 11.6 Å². The van der Waals surface area contributed by atoms with Crippen molar-refractivity contribution >= 4 is 10.9 Å². The summed E-state index contributed by atoms with van der Waals surface area (Å²) in [5, 5.41) is 3.88. The van der Waals surface area contributed by atoms with E-state index in [9.17, 15) is 9.18 Å². The summed E-state index contributed by atoms with van der Waals surface area (Å²) < 4.78 is 15.3. The lowest BCUT2D eigenvalue weighted by Crippen LogP contribution is -2.40. The van der Waals surface area contributed by atoms with Gasteiger partial charge >= 0.3 is 0 Å². The molecule has 26 heavy (non-hydrogen) atoms. The van der Waals surface area contributed by atoms with Gasteiger partial charge in [0.15, 0.2) is 0 Å². The van der Waals surface area contributed by atoms with Crippen LogP contribution in [0.25, 0.3) is 10.9 Å². The van der Waals surface area contributed by atoms with Gasteiger partial charge in [-0.1, -0.05) is 13.3 Å². The van der Waals surface area contributed by atoms with Crippen LogP contribution in [0.1, 0.15) is 51.9 Å². The van der Waals surface area contributed by atoms with Gasteiger partial charge in [-0.05, 0) is 51.4 Å². The fourth-order valence-electron chi connectivity index (χ4n) is 3.94. The van der Waals surface area contributed by atoms with Crippen LogP contribution < -0.4 is 10.9 Å². The number of nitrogens with zero attached hydrogens (tertiary/aromatic N) is 3. The van der Waals surface area contributed by atoms with Gasteiger partial charge in [0.05, 0.1) is 16.9 Å². The zero-order valence-corrected chi connectivity index (χ0v) is 16.0. The van der Waals surface area contributed by atoms with E-state index in [1.165, 1.54) is 12.1 Å². The number of aromatic nitrogens is 2. The van der Waals surface area contributed by atoms with Crippen LogP contribution in [0.3, 0.4) is 0 Å². The van der Waals surface area contributed by atoms with E-state index in [4.69, 9.17) is 4.98 Å². The van der Waals surface area contributed by atoms with Crippen molar-refractivity contribution in [2.45, 2.75) is 58.7 Å². The number of rotatable bonds is 5. The summed E-state index contributed by atoms with van der Waals surface area (Å²) in [5.74, 6) is 0.414. The summed E-state index contributed by atoms with van der Waals surface area (Å²) in [6, 6.07) is 4.80. The van der Waals surface area contributed by atoms with E-state index in [0.29, 0.717) is 23.5 Å². The van der Waals surface area contributed by atoms with Crippen molar-refractivity contribution < 1.29 is 4.39 Å². The number of fused-ring (bicyclic) bond motifs is 1. The van der Waals surface area contributed by atoms with Crippen molar-refractivity contribution in [3.8, 4) is 0 Å². The van der Waals surface area contributed by atoms with E-state index >= 15 is 0 Å². The van der Waals surface area contributed by atoms with Crippen LogP contribution in [0, 0.1) is 5.82 Å². The van der Waals surface area contributed by atoms with E-state index in [1.807, 2.05) is 6.92 Å². The maximum absolute atomic E-state index is 13.6. The van der Waals surface area contributed by atoms with Crippen molar-refractivity contribution in [1.29, 1.82) is 0 Å². The molecule has 0 amide bonds. The van der Waals surface area contributed by atoms with E-state index < -0.39 is 5.82 Å². The maximum atomic E-state index is 13.6. The molecule has 0 saturated carbocycles. The third kappa shape index (κ3) is 3.81. The maximum Gasteiger partial charge on any atom is 0.261 e. The van der Waals surface area contributed by atoms with Gasteiger partial charge in [-0.25, -0.2) is 9.37 Å². The summed E-state index contributed by atoms with van der Waals surface area (Å²) in [5.41, 5.74) is 0.437. The molecule has 0 spiro atoms. The molecule has 2 heterocycles. The molecular formula is C20H29FN4O. The Morgan fingerprint density at radius 2 is 2.19 bits per heavy atom. The Bertz CT molecular complexity index is 819. The highest BCUT2D eigenvalue weighted by molar-refractivity contribution is 5.77. The monoisotopic (exact) mass is 360 g/mol. The Hall–Kier alpha value is -1.79. The molecule has 1 aromatic heterocycles. The van der Waals surface area contributed by atoms with E-state index in [0.717, 1.165) is 44.7 Å². The molecule has 0 radical (unpaired) electrons. The zero-order chi connectivity index (χ0) is 18.7. The minimum atomic E-state index is -0.399. The third-order valence-electron chi connectivity index (χ3n) is 5.19. The van der Waals surface area contributed by atoms with Crippen LogP contribution in [0.15, 0.2) is 23.0 Å². The molecule has 1 aromatic carbocycles. The Labute approximate surface area is 154 Å². The van der Waals surface area contributed by atoms with Crippen molar-refractivity contribution in [1.82, 2.24) is 19.8 Å². The van der Waals surface area contributed by atoms with Gasteiger partial charge in [0.1, 0.15) is 11.6 Å². The van der Waals surface area contributed by atoms with E-state index in [2.05, 4.69) is 24.1 Å². The van der Waals surface area contributed by atoms with Gasteiger partial charge in [0, 0.05) is 25.7 Å². The smallest absolute Gasteiger partial charge is 0.261 e. The largest absolute Gasteiger partial charge is 0.313 e. The molecule has 1 fully saturated rings. The summed E-state index contributed by atoms with van der Waals surface area (Å²) in [6.07, 6.45) is 3.05. The number of halogens is 1. The number of benzene rings is 1. The average Bonchev–Trinajstić information content (AvgIpc) is 2.84. The van der Waals surface area contributed by atoms with Gasteiger partial charge in [-0.3, -0.25) is 14.3 Å². The second-order valence-electron chi connectivity index (χ2n) is 7.19. The van der Waals surface area contributed by atoms with Gasteiger partial charge in [0.2, 0.25) is 0 Å². The minimum absolute atomic E-state index is 0.101. The van der Waals surface area contributed by atoms with E-state index in [1.54, 1.807) is 10.6 Å². The second kappa shape index (κ2) is 8.27. The van der Waals surface area contributed by atoms with Crippen LogP contribution in [0.2, 0.25) is 0 Å². The molecule has 0 unspecified atom stereocenters. The van der Waals surface area contributed by atoms with Gasteiger partial charge in [0.25, 0.3) is 5.56 Å². The summed E-state index contributed by atoms with van der Waals surface area (Å²) in [7, 11) is 0. The number of hydrogen-bond donors (Lipinski definition) is 1. The highest BCUT2D eigenvalue weighted by atomic mass is 19.1. The predicted molar refractivity (Wildman–Crippen MR) is 103 cm³/mol. The summed E-state index contributed by atoms with van der Waals surface area (Å²) >= 11 is 0. The first kappa shape index (κ1) is 19.0. The second-order valence-corrected chi connectivity index (χ2v) is 7.19. The molecule has 2 aromatic rings. The fraction of sp³-hybridized carbons (Fsp3) is 0.600. The number of hydrogen-bond acceptors (Lipinski definition) is 4. The lowest BCUT2D eigenvalue weighted by molar-refractivity contribution is 0.174. The topological polar surface area (TPSA) is 50.2 Å². The van der Waals surface area contributed by atoms with Gasteiger partial charge < -0.3 is 5.32 Å². The molecule has 2 atom stereocenters. The molecule has 0 aliphatic carbocycles. The SMILES string of the molecule is CCC[C@H](c1nc2ccc(F)cc2c(=O)n1CC)N1CCCN[C@@H](C)C1.